The second kappa shape index (κ2) is 7.28. The van der Waals surface area contributed by atoms with Crippen LogP contribution < -0.4 is 5.32 Å². The van der Waals surface area contributed by atoms with E-state index >= 15 is 0 Å². The lowest BCUT2D eigenvalue weighted by atomic mass is 9.78. The Balaban J connectivity index is 1.94. The number of nitrogens with one attached hydrogen (secondary N) is 1. The fraction of sp³-hybridized carbons (Fsp3) is 0.765. The first kappa shape index (κ1) is 15.6. The van der Waals surface area contributed by atoms with E-state index in [2.05, 4.69) is 44.2 Å². The van der Waals surface area contributed by atoms with Crippen molar-refractivity contribution >= 4 is 0 Å². The highest BCUT2D eigenvalue weighted by atomic mass is 16.3. The minimum absolute atomic E-state index is 0.319. The minimum Gasteiger partial charge on any atom is -0.468 e. The molecule has 0 aliphatic heterocycles. The van der Waals surface area contributed by atoms with Crippen molar-refractivity contribution in [3.8, 4) is 0 Å². The van der Waals surface area contributed by atoms with E-state index in [0.717, 1.165) is 24.1 Å². The highest BCUT2D eigenvalue weighted by molar-refractivity contribution is 5.05. The predicted octanol–water partition coefficient (Wildman–Crippen LogP) is 3.69. The van der Waals surface area contributed by atoms with Crippen LogP contribution in [0, 0.1) is 11.8 Å². The molecular weight excluding hydrogens is 248 g/mol. The van der Waals surface area contributed by atoms with Crippen molar-refractivity contribution in [2.75, 3.05) is 20.6 Å². The van der Waals surface area contributed by atoms with Gasteiger partial charge in [0, 0.05) is 12.6 Å². The van der Waals surface area contributed by atoms with Gasteiger partial charge in [-0.05, 0) is 50.9 Å². The fourth-order valence-electron chi connectivity index (χ4n) is 3.49. The van der Waals surface area contributed by atoms with E-state index in [1.807, 2.05) is 6.07 Å². The highest BCUT2D eigenvalue weighted by Gasteiger charge is 2.28. The number of likely N-dealkylation sites (N-methyl/N-ethyl adjacent to an activating group) is 1. The van der Waals surface area contributed by atoms with E-state index in [1.165, 1.54) is 25.7 Å². The van der Waals surface area contributed by atoms with Gasteiger partial charge in [-0.25, -0.2) is 0 Å². The Morgan fingerprint density at radius 3 is 2.65 bits per heavy atom. The third-order valence-corrected chi connectivity index (χ3v) is 4.74. The highest BCUT2D eigenvalue weighted by Crippen LogP contribution is 2.30. The zero-order valence-corrected chi connectivity index (χ0v) is 13.4. The molecule has 0 bridgehead atoms. The summed E-state index contributed by atoms with van der Waals surface area (Å²) in [4.78, 5) is 2.24. The number of rotatable bonds is 6. The number of hydrogen-bond donors (Lipinski definition) is 1. The molecule has 3 unspecified atom stereocenters. The molecule has 1 saturated carbocycles. The zero-order valence-electron chi connectivity index (χ0n) is 13.4. The molecule has 2 rings (SSSR count). The second-order valence-electron chi connectivity index (χ2n) is 6.70. The molecule has 1 aliphatic rings. The third-order valence-electron chi connectivity index (χ3n) is 4.74. The molecule has 1 heterocycles. The molecule has 0 spiro atoms. The van der Waals surface area contributed by atoms with Gasteiger partial charge in [-0.15, -0.1) is 0 Å². The van der Waals surface area contributed by atoms with Crippen LogP contribution in [0.25, 0.3) is 0 Å². The van der Waals surface area contributed by atoms with Gasteiger partial charge in [0.2, 0.25) is 0 Å². The van der Waals surface area contributed by atoms with E-state index in [0.29, 0.717) is 12.1 Å². The summed E-state index contributed by atoms with van der Waals surface area (Å²) in [6.45, 7) is 5.69. The van der Waals surface area contributed by atoms with Crippen molar-refractivity contribution < 1.29 is 4.42 Å². The first-order valence-electron chi connectivity index (χ1n) is 8.02. The van der Waals surface area contributed by atoms with Crippen molar-refractivity contribution in [2.45, 2.75) is 51.6 Å². The Morgan fingerprint density at radius 1 is 1.30 bits per heavy atom. The smallest absolute Gasteiger partial charge is 0.122 e. The molecule has 3 heteroatoms. The molecular formula is C17H30N2O. The van der Waals surface area contributed by atoms with Crippen LogP contribution in [0.2, 0.25) is 0 Å². The lowest BCUT2D eigenvalue weighted by molar-refractivity contribution is 0.180. The van der Waals surface area contributed by atoms with E-state index < -0.39 is 0 Å². The van der Waals surface area contributed by atoms with Gasteiger partial charge in [-0.3, -0.25) is 4.90 Å². The summed E-state index contributed by atoms with van der Waals surface area (Å²) in [5, 5.41) is 3.82. The Morgan fingerprint density at radius 2 is 2.05 bits per heavy atom. The largest absolute Gasteiger partial charge is 0.468 e. The topological polar surface area (TPSA) is 28.4 Å². The molecule has 1 fully saturated rings. The van der Waals surface area contributed by atoms with E-state index in [9.17, 15) is 0 Å². The molecule has 1 aromatic rings. The lowest BCUT2D eigenvalue weighted by Crippen LogP contribution is -2.44. The van der Waals surface area contributed by atoms with E-state index in [4.69, 9.17) is 4.42 Å². The molecule has 114 valence electrons. The van der Waals surface area contributed by atoms with Gasteiger partial charge in [0.15, 0.2) is 0 Å². The van der Waals surface area contributed by atoms with Gasteiger partial charge in [-0.2, -0.15) is 0 Å². The summed E-state index contributed by atoms with van der Waals surface area (Å²) < 4.78 is 5.59. The summed E-state index contributed by atoms with van der Waals surface area (Å²) in [6, 6.07) is 5.04. The molecule has 1 aliphatic carbocycles. The standard InChI is InChI=1S/C17H30N2O/c1-13(2)14-8-5-6-9-15(14)18-12-16(19(3)4)17-10-7-11-20-17/h7,10-11,13-16,18H,5-6,8-9,12H2,1-4H3. The first-order chi connectivity index (χ1) is 9.59. The van der Waals surface area contributed by atoms with Crippen molar-refractivity contribution in [3.63, 3.8) is 0 Å². The number of nitrogens with zero attached hydrogens (tertiary/aromatic N) is 1. The average molecular weight is 278 g/mol. The van der Waals surface area contributed by atoms with Crippen molar-refractivity contribution in [3.05, 3.63) is 24.2 Å². The SMILES string of the molecule is CC(C)C1CCCCC1NCC(c1ccco1)N(C)C. The maximum atomic E-state index is 5.59. The summed E-state index contributed by atoms with van der Waals surface area (Å²) in [5.41, 5.74) is 0. The maximum Gasteiger partial charge on any atom is 0.122 e. The molecule has 0 aromatic carbocycles. The van der Waals surface area contributed by atoms with Gasteiger partial charge in [0.05, 0.1) is 12.3 Å². The normalized spacial score (nSPS) is 25.3. The van der Waals surface area contributed by atoms with Gasteiger partial charge in [0.25, 0.3) is 0 Å². The molecule has 3 atom stereocenters. The average Bonchev–Trinajstić information content (AvgIpc) is 2.92. The number of hydrogen-bond acceptors (Lipinski definition) is 3. The molecule has 0 amide bonds. The molecule has 1 N–H and O–H groups in total. The molecule has 0 saturated heterocycles. The zero-order chi connectivity index (χ0) is 14.5. The van der Waals surface area contributed by atoms with Crippen molar-refractivity contribution in [1.82, 2.24) is 10.2 Å². The molecule has 20 heavy (non-hydrogen) atoms. The van der Waals surface area contributed by atoms with Crippen LogP contribution >= 0.6 is 0 Å². The Kier molecular flexibility index (Phi) is 5.67. The lowest BCUT2D eigenvalue weighted by Gasteiger charge is -2.36. The first-order valence-corrected chi connectivity index (χ1v) is 8.02. The van der Waals surface area contributed by atoms with Gasteiger partial charge in [-0.1, -0.05) is 26.7 Å². The van der Waals surface area contributed by atoms with Crippen LogP contribution in [0.1, 0.15) is 51.3 Å². The second-order valence-corrected chi connectivity index (χ2v) is 6.70. The molecule has 0 radical (unpaired) electrons. The van der Waals surface area contributed by atoms with Crippen LogP contribution in [-0.4, -0.2) is 31.6 Å². The fourth-order valence-corrected chi connectivity index (χ4v) is 3.49. The summed E-state index contributed by atoms with van der Waals surface area (Å²) in [7, 11) is 4.24. The summed E-state index contributed by atoms with van der Waals surface area (Å²) in [6.07, 6.45) is 7.23. The minimum atomic E-state index is 0.319. The Bertz CT molecular complexity index is 372. The summed E-state index contributed by atoms with van der Waals surface area (Å²) in [5.74, 6) is 2.65. The molecule has 1 aromatic heterocycles. The van der Waals surface area contributed by atoms with Gasteiger partial charge >= 0.3 is 0 Å². The quantitative estimate of drug-likeness (QED) is 0.860. The van der Waals surface area contributed by atoms with Crippen molar-refractivity contribution in [1.29, 1.82) is 0 Å². The monoisotopic (exact) mass is 278 g/mol. The van der Waals surface area contributed by atoms with Crippen LogP contribution in [0.3, 0.4) is 0 Å². The maximum absolute atomic E-state index is 5.59. The van der Waals surface area contributed by atoms with Crippen LogP contribution in [-0.2, 0) is 0 Å². The van der Waals surface area contributed by atoms with E-state index in [1.54, 1.807) is 6.26 Å². The predicted molar refractivity (Wildman–Crippen MR) is 83.7 cm³/mol. The van der Waals surface area contributed by atoms with Crippen LogP contribution in [0.5, 0.6) is 0 Å². The van der Waals surface area contributed by atoms with Crippen LogP contribution in [0.15, 0.2) is 22.8 Å². The number of furan rings is 1. The van der Waals surface area contributed by atoms with E-state index in [-0.39, 0.29) is 0 Å². The van der Waals surface area contributed by atoms with Gasteiger partial charge < -0.3 is 9.73 Å². The van der Waals surface area contributed by atoms with Crippen molar-refractivity contribution in [2.24, 2.45) is 11.8 Å². The van der Waals surface area contributed by atoms with Gasteiger partial charge in [0.1, 0.15) is 5.76 Å². The van der Waals surface area contributed by atoms with Crippen LogP contribution in [0.4, 0.5) is 0 Å². The third kappa shape index (κ3) is 3.86. The Labute approximate surface area is 123 Å². The summed E-state index contributed by atoms with van der Waals surface area (Å²) >= 11 is 0. The Hall–Kier alpha value is -0.800. The molecule has 3 nitrogen and oxygen atoms in total.